The van der Waals surface area contributed by atoms with E-state index in [0.29, 0.717) is 35.2 Å². The molecule has 3 N–H and O–H groups in total. The highest BCUT2D eigenvalue weighted by Crippen LogP contribution is 2.36. The van der Waals surface area contributed by atoms with Crippen LogP contribution in [0.25, 0.3) is 0 Å². The third-order valence-corrected chi connectivity index (χ3v) is 7.00. The number of aromatic nitrogens is 1. The lowest BCUT2D eigenvalue weighted by Crippen LogP contribution is -2.54. The zero-order chi connectivity index (χ0) is 24.0. The zero-order valence-corrected chi connectivity index (χ0v) is 19.1. The number of fused-ring (bicyclic) bond motifs is 1. The fourth-order valence-corrected chi connectivity index (χ4v) is 5.16. The highest BCUT2D eigenvalue weighted by atomic mass is 35.5. The molecule has 0 radical (unpaired) electrons. The molecule has 3 aliphatic heterocycles. The first-order chi connectivity index (χ1) is 16.3. The Morgan fingerprint density at radius 3 is 2.82 bits per heavy atom. The Kier molecular flexibility index (Phi) is 5.80. The Balaban J connectivity index is 1.52. The largest absolute Gasteiger partial charge is 0.478 e. The third-order valence-electron chi connectivity index (χ3n) is 5.89. The van der Waals surface area contributed by atoms with Crippen LogP contribution in [0.2, 0.25) is 5.02 Å². The number of piperazine rings is 1. The van der Waals surface area contributed by atoms with Gasteiger partial charge in [-0.1, -0.05) is 17.7 Å². The Labute approximate surface area is 201 Å². The minimum absolute atomic E-state index is 0.0387. The van der Waals surface area contributed by atoms with Crippen molar-refractivity contribution in [3.63, 3.8) is 0 Å². The first-order valence-corrected chi connectivity index (χ1v) is 11.6. The SMILES string of the molecule is O=C(O)C1=C(CN2CCN3C(=O)NC(=O)[C@@H]3C2)NC(c2nccs2)=N[C@H]1c1ccc(F)cc1Cl. The van der Waals surface area contributed by atoms with Gasteiger partial charge in [-0.3, -0.25) is 20.0 Å². The molecule has 0 bridgehead atoms. The molecule has 2 atom stereocenters. The molecule has 10 nitrogen and oxygen atoms in total. The first-order valence-electron chi connectivity index (χ1n) is 10.3. The van der Waals surface area contributed by atoms with Gasteiger partial charge in [0.2, 0.25) is 0 Å². The molecule has 2 saturated heterocycles. The van der Waals surface area contributed by atoms with Gasteiger partial charge in [-0.25, -0.2) is 19.0 Å². The fraction of sp³-hybridized carbons (Fsp3) is 0.286. The number of hydrogen-bond acceptors (Lipinski definition) is 8. The number of halogens is 2. The van der Waals surface area contributed by atoms with Crippen LogP contribution in [-0.4, -0.2) is 75.9 Å². The van der Waals surface area contributed by atoms with Gasteiger partial charge in [-0.2, -0.15) is 0 Å². The van der Waals surface area contributed by atoms with Crippen LogP contribution in [0.1, 0.15) is 16.6 Å². The van der Waals surface area contributed by atoms with Crippen molar-refractivity contribution in [1.29, 1.82) is 0 Å². The Hall–Kier alpha value is -3.35. The second kappa shape index (κ2) is 8.78. The van der Waals surface area contributed by atoms with Gasteiger partial charge in [0.15, 0.2) is 10.8 Å². The molecule has 0 aliphatic carbocycles. The molecule has 0 saturated carbocycles. The van der Waals surface area contributed by atoms with Crippen molar-refractivity contribution in [3.8, 4) is 0 Å². The molecular formula is C21H18ClFN6O4S. The van der Waals surface area contributed by atoms with Gasteiger partial charge >= 0.3 is 12.0 Å². The summed E-state index contributed by atoms with van der Waals surface area (Å²) in [6, 6.07) is 1.69. The molecule has 5 rings (SSSR count). The predicted octanol–water partition coefficient (Wildman–Crippen LogP) is 1.60. The van der Waals surface area contributed by atoms with Gasteiger partial charge in [-0.15, -0.1) is 11.3 Å². The van der Waals surface area contributed by atoms with Gasteiger partial charge in [0, 0.05) is 54.0 Å². The number of aliphatic imine (C=N–C) groups is 1. The minimum Gasteiger partial charge on any atom is -0.478 e. The zero-order valence-electron chi connectivity index (χ0n) is 17.5. The summed E-state index contributed by atoms with van der Waals surface area (Å²) < 4.78 is 13.7. The van der Waals surface area contributed by atoms with Gasteiger partial charge < -0.3 is 15.3 Å². The standard InChI is InChI=1S/C21H18ClFN6O4S/c22-12-7-10(23)1-2-11(12)16-15(20(31)32)13(25-17(26-16)19-24-3-6-34-19)8-28-4-5-29-14(9-28)18(30)27-21(29)33/h1-3,6-7,14,16H,4-5,8-9H2,(H,25,26)(H,31,32)(H,27,30,33)/t14-,16-/m0/s1. The number of amidine groups is 1. The molecule has 2 aromatic rings. The highest BCUT2D eigenvalue weighted by Gasteiger charge is 2.42. The van der Waals surface area contributed by atoms with Crippen LogP contribution in [0.5, 0.6) is 0 Å². The molecule has 3 aliphatic rings. The number of urea groups is 1. The molecule has 3 amide bonds. The molecule has 13 heteroatoms. The van der Waals surface area contributed by atoms with Crippen LogP contribution < -0.4 is 10.6 Å². The van der Waals surface area contributed by atoms with Gasteiger partial charge in [0.05, 0.1) is 5.57 Å². The summed E-state index contributed by atoms with van der Waals surface area (Å²) in [5, 5.41) is 17.9. The van der Waals surface area contributed by atoms with Crippen molar-refractivity contribution in [2.24, 2.45) is 4.99 Å². The number of carboxylic acids is 1. The van der Waals surface area contributed by atoms with Crippen molar-refractivity contribution in [2.75, 3.05) is 26.2 Å². The van der Waals surface area contributed by atoms with E-state index in [4.69, 9.17) is 11.6 Å². The van der Waals surface area contributed by atoms with Crippen molar-refractivity contribution in [1.82, 2.24) is 25.4 Å². The minimum atomic E-state index is -1.21. The lowest BCUT2D eigenvalue weighted by molar-refractivity contribution is -0.133. The predicted molar refractivity (Wildman–Crippen MR) is 121 cm³/mol. The van der Waals surface area contributed by atoms with Gasteiger partial charge in [-0.05, 0) is 12.1 Å². The van der Waals surface area contributed by atoms with E-state index in [0.717, 1.165) is 6.07 Å². The summed E-state index contributed by atoms with van der Waals surface area (Å²) in [6.45, 7) is 1.19. The maximum atomic E-state index is 13.7. The summed E-state index contributed by atoms with van der Waals surface area (Å²) in [5.74, 6) is -1.76. The number of imide groups is 1. The molecule has 176 valence electrons. The van der Waals surface area contributed by atoms with Crippen LogP contribution in [0.4, 0.5) is 9.18 Å². The smallest absolute Gasteiger partial charge is 0.335 e. The molecule has 1 aromatic carbocycles. The van der Waals surface area contributed by atoms with Crippen LogP contribution in [0.3, 0.4) is 0 Å². The van der Waals surface area contributed by atoms with Crippen LogP contribution >= 0.6 is 22.9 Å². The van der Waals surface area contributed by atoms with Crippen LogP contribution in [0.15, 0.2) is 46.0 Å². The monoisotopic (exact) mass is 504 g/mol. The Bertz CT molecular complexity index is 1250. The molecular weight excluding hydrogens is 487 g/mol. The van der Waals surface area contributed by atoms with Crippen LogP contribution in [-0.2, 0) is 9.59 Å². The second-order valence-corrected chi connectivity index (χ2v) is 9.25. The maximum absolute atomic E-state index is 13.7. The molecule has 1 aromatic heterocycles. The van der Waals surface area contributed by atoms with E-state index in [1.54, 1.807) is 11.6 Å². The highest BCUT2D eigenvalue weighted by molar-refractivity contribution is 7.11. The summed E-state index contributed by atoms with van der Waals surface area (Å²) >= 11 is 7.61. The molecule has 0 spiro atoms. The topological polar surface area (TPSA) is 127 Å². The average molecular weight is 505 g/mol. The van der Waals surface area contributed by atoms with Crippen molar-refractivity contribution in [3.05, 3.63) is 62.5 Å². The number of rotatable bonds is 5. The van der Waals surface area contributed by atoms with Crippen molar-refractivity contribution >= 4 is 46.7 Å². The number of nitrogens with one attached hydrogen (secondary N) is 2. The Morgan fingerprint density at radius 2 is 2.12 bits per heavy atom. The number of nitrogens with zero attached hydrogens (tertiary/aromatic N) is 4. The van der Waals surface area contributed by atoms with E-state index >= 15 is 0 Å². The maximum Gasteiger partial charge on any atom is 0.335 e. The number of carboxylic acid groups (broad SMARTS) is 1. The number of thiazole rings is 1. The second-order valence-electron chi connectivity index (χ2n) is 7.94. The number of carbonyl (C=O) groups excluding carboxylic acids is 2. The number of aliphatic carboxylic acids is 1. The summed E-state index contributed by atoms with van der Waals surface area (Å²) in [4.78, 5) is 48.7. The molecule has 2 fully saturated rings. The van der Waals surface area contributed by atoms with E-state index in [9.17, 15) is 23.9 Å². The third kappa shape index (κ3) is 4.04. The van der Waals surface area contributed by atoms with Gasteiger partial charge in [0.25, 0.3) is 5.91 Å². The molecule has 4 heterocycles. The van der Waals surface area contributed by atoms with E-state index in [1.165, 1.54) is 28.4 Å². The molecule has 34 heavy (non-hydrogen) atoms. The molecule has 0 unspecified atom stereocenters. The normalized spacial score (nSPS) is 22.9. The number of amides is 3. The van der Waals surface area contributed by atoms with E-state index in [1.807, 2.05) is 4.90 Å². The summed E-state index contributed by atoms with van der Waals surface area (Å²) in [6.07, 6.45) is 1.61. The van der Waals surface area contributed by atoms with Crippen molar-refractivity contribution in [2.45, 2.75) is 12.1 Å². The Morgan fingerprint density at radius 1 is 1.29 bits per heavy atom. The van der Waals surface area contributed by atoms with E-state index < -0.39 is 29.9 Å². The van der Waals surface area contributed by atoms with Crippen molar-refractivity contribution < 1.29 is 23.9 Å². The first kappa shape index (κ1) is 22.4. The fourth-order valence-electron chi connectivity index (χ4n) is 4.30. The summed E-state index contributed by atoms with van der Waals surface area (Å²) in [5.41, 5.74) is 0.665. The van der Waals surface area contributed by atoms with Crippen LogP contribution in [0, 0.1) is 5.82 Å². The quantitative estimate of drug-likeness (QED) is 0.528. The lowest BCUT2D eigenvalue weighted by atomic mass is 9.95. The van der Waals surface area contributed by atoms with E-state index in [2.05, 4.69) is 20.6 Å². The van der Waals surface area contributed by atoms with Gasteiger partial charge in [0.1, 0.15) is 17.9 Å². The number of benzene rings is 1. The number of carbonyl (C=O) groups is 3. The summed E-state index contributed by atoms with van der Waals surface area (Å²) in [7, 11) is 0. The number of hydrogen-bond donors (Lipinski definition) is 3. The average Bonchev–Trinajstić information content (AvgIpc) is 3.42. The lowest BCUT2D eigenvalue weighted by Gasteiger charge is -2.37. The van der Waals surface area contributed by atoms with E-state index in [-0.39, 0.29) is 29.6 Å².